The van der Waals surface area contributed by atoms with Gasteiger partial charge in [-0.05, 0) is 44.9 Å². The number of esters is 2. The molecular weight excluding hydrogens is 558 g/mol. The van der Waals surface area contributed by atoms with Crippen LogP contribution in [0.5, 0.6) is 0 Å². The SMILES string of the molecule is CC/C=C/C/C=C/C/C=C/CC(=O)OCC(COCCC(C(=O)[O-])[N+](C)(C)C)OC(=O)CCCCC/C=C/C=C/CCCC. The number of rotatable bonds is 27. The normalized spacial score (nSPS) is 13.9. The Hall–Kier alpha value is -2.97. The van der Waals surface area contributed by atoms with E-state index in [4.69, 9.17) is 14.2 Å². The molecule has 250 valence electrons. The van der Waals surface area contributed by atoms with E-state index in [-0.39, 0.29) is 49.5 Å². The second-order valence-corrected chi connectivity index (χ2v) is 11.7. The molecule has 0 aliphatic rings. The lowest BCUT2D eigenvalue weighted by Crippen LogP contribution is -2.55. The van der Waals surface area contributed by atoms with Crippen LogP contribution in [0.1, 0.15) is 97.3 Å². The quantitative estimate of drug-likeness (QED) is 0.0357. The van der Waals surface area contributed by atoms with Gasteiger partial charge in [0, 0.05) is 12.8 Å². The maximum atomic E-state index is 12.5. The standard InChI is InChI=1S/C36H59NO7/c1-6-8-10-12-14-16-17-19-21-23-25-27-35(39)44-32(30-42-29-28-33(36(40)41)37(3,4)5)31-43-34(38)26-24-22-20-18-15-13-11-9-7-2/h9,11-12,14-18,22,24,32-33H,6-8,10,13,19-21,23,25-31H2,1-5H3/b11-9+,14-12+,17-16+,18-15+,24-22+. The number of nitrogens with zero attached hydrogens (tertiary/aromatic N) is 1. The third kappa shape index (κ3) is 25.5. The minimum atomic E-state index is -1.14. The topological polar surface area (TPSA) is 102 Å². The summed E-state index contributed by atoms with van der Waals surface area (Å²) in [5.41, 5.74) is 0. The minimum absolute atomic E-state index is 0.000386. The number of allylic oxidation sites excluding steroid dienone is 9. The first kappa shape index (κ1) is 41.0. The molecule has 0 spiro atoms. The molecule has 0 aromatic heterocycles. The van der Waals surface area contributed by atoms with Crippen molar-refractivity contribution in [1.82, 2.24) is 0 Å². The van der Waals surface area contributed by atoms with Crippen LogP contribution in [-0.4, -0.2) is 75.5 Å². The van der Waals surface area contributed by atoms with Crippen LogP contribution < -0.4 is 5.11 Å². The summed E-state index contributed by atoms with van der Waals surface area (Å²) in [5, 5.41) is 11.5. The molecule has 0 aliphatic heterocycles. The van der Waals surface area contributed by atoms with Gasteiger partial charge in [0.05, 0.1) is 46.7 Å². The Balaban J connectivity index is 4.68. The van der Waals surface area contributed by atoms with Crippen LogP contribution in [0.15, 0.2) is 60.8 Å². The van der Waals surface area contributed by atoms with Gasteiger partial charge < -0.3 is 28.6 Å². The van der Waals surface area contributed by atoms with Crippen molar-refractivity contribution in [2.45, 2.75) is 109 Å². The molecule has 0 amide bonds. The third-order valence-electron chi connectivity index (χ3n) is 6.70. The van der Waals surface area contributed by atoms with Crippen LogP contribution in [0.4, 0.5) is 0 Å². The number of quaternary nitrogens is 1. The van der Waals surface area contributed by atoms with E-state index in [0.717, 1.165) is 44.9 Å². The minimum Gasteiger partial charge on any atom is -0.544 e. The number of unbranched alkanes of at least 4 members (excludes halogenated alkanes) is 5. The van der Waals surface area contributed by atoms with Crippen molar-refractivity contribution in [3.8, 4) is 0 Å². The summed E-state index contributed by atoms with van der Waals surface area (Å²) >= 11 is 0. The number of carboxylic acids is 1. The Morgan fingerprint density at radius 1 is 0.750 bits per heavy atom. The van der Waals surface area contributed by atoms with Gasteiger partial charge in [0.1, 0.15) is 12.6 Å². The molecule has 0 aromatic carbocycles. The van der Waals surface area contributed by atoms with E-state index in [1.165, 1.54) is 12.8 Å². The fourth-order valence-electron chi connectivity index (χ4n) is 4.11. The Morgan fingerprint density at radius 2 is 1.39 bits per heavy atom. The zero-order chi connectivity index (χ0) is 32.9. The Kier molecular flexibility index (Phi) is 25.7. The van der Waals surface area contributed by atoms with Gasteiger partial charge in [0.2, 0.25) is 0 Å². The van der Waals surface area contributed by atoms with Gasteiger partial charge in [0.25, 0.3) is 0 Å². The predicted molar refractivity (Wildman–Crippen MR) is 176 cm³/mol. The first-order valence-electron chi connectivity index (χ1n) is 16.3. The number of aliphatic carboxylic acids is 1. The second-order valence-electron chi connectivity index (χ2n) is 11.7. The summed E-state index contributed by atoms with van der Waals surface area (Å²) in [4.78, 5) is 36.3. The summed E-state index contributed by atoms with van der Waals surface area (Å²) in [5.74, 6) is -1.94. The number of likely N-dealkylation sites (N-methyl/N-ethyl adjacent to an activating group) is 1. The highest BCUT2D eigenvalue weighted by Gasteiger charge is 2.25. The summed E-state index contributed by atoms with van der Waals surface area (Å²) in [6, 6.07) is -0.741. The molecule has 0 aliphatic carbocycles. The van der Waals surface area contributed by atoms with Gasteiger partial charge in [-0.15, -0.1) is 0 Å². The number of hydrogen-bond acceptors (Lipinski definition) is 7. The van der Waals surface area contributed by atoms with Crippen LogP contribution in [-0.2, 0) is 28.6 Å². The van der Waals surface area contributed by atoms with Gasteiger partial charge in [0.15, 0.2) is 6.10 Å². The zero-order valence-electron chi connectivity index (χ0n) is 28.0. The van der Waals surface area contributed by atoms with Crippen LogP contribution in [0, 0.1) is 0 Å². The van der Waals surface area contributed by atoms with Gasteiger partial charge in [-0.1, -0.05) is 93.9 Å². The number of carboxylic acid groups (broad SMARTS) is 1. The first-order chi connectivity index (χ1) is 21.1. The largest absolute Gasteiger partial charge is 0.544 e. The molecule has 0 fully saturated rings. The smallest absolute Gasteiger partial charge is 0.309 e. The lowest BCUT2D eigenvalue weighted by Gasteiger charge is -2.34. The van der Waals surface area contributed by atoms with Crippen molar-refractivity contribution in [3.05, 3.63) is 60.8 Å². The highest BCUT2D eigenvalue weighted by atomic mass is 16.6. The third-order valence-corrected chi connectivity index (χ3v) is 6.70. The summed E-state index contributed by atoms with van der Waals surface area (Å²) in [6.07, 6.45) is 30.1. The predicted octanol–water partition coefficient (Wildman–Crippen LogP) is 6.17. The molecule has 0 N–H and O–H groups in total. The summed E-state index contributed by atoms with van der Waals surface area (Å²) < 4.78 is 16.8. The van der Waals surface area contributed by atoms with Crippen LogP contribution in [0.2, 0.25) is 0 Å². The summed E-state index contributed by atoms with van der Waals surface area (Å²) in [6.45, 7) is 4.29. The number of carbonyl (C=O) groups is 3. The maximum absolute atomic E-state index is 12.5. The molecule has 8 heteroatoms. The van der Waals surface area contributed by atoms with Gasteiger partial charge in [-0.2, -0.15) is 0 Å². The van der Waals surface area contributed by atoms with E-state index >= 15 is 0 Å². The van der Waals surface area contributed by atoms with Crippen molar-refractivity contribution in [2.75, 3.05) is 41.0 Å². The van der Waals surface area contributed by atoms with Crippen molar-refractivity contribution >= 4 is 17.9 Å². The average Bonchev–Trinajstić information content (AvgIpc) is 2.96. The molecule has 0 rings (SSSR count). The molecule has 0 heterocycles. The van der Waals surface area contributed by atoms with Crippen molar-refractivity contribution in [3.63, 3.8) is 0 Å². The molecule has 0 aromatic rings. The number of ether oxygens (including phenoxy) is 3. The van der Waals surface area contributed by atoms with Gasteiger partial charge in [-0.25, -0.2) is 0 Å². The van der Waals surface area contributed by atoms with Crippen molar-refractivity contribution in [1.29, 1.82) is 0 Å². The van der Waals surface area contributed by atoms with Crippen LogP contribution in [0.3, 0.4) is 0 Å². The van der Waals surface area contributed by atoms with E-state index < -0.39 is 24.1 Å². The van der Waals surface area contributed by atoms with E-state index in [0.29, 0.717) is 6.42 Å². The van der Waals surface area contributed by atoms with E-state index in [1.54, 1.807) is 27.2 Å². The van der Waals surface area contributed by atoms with Gasteiger partial charge in [-0.3, -0.25) is 9.59 Å². The highest BCUT2D eigenvalue weighted by molar-refractivity contribution is 5.71. The molecule has 2 atom stereocenters. The Morgan fingerprint density at radius 3 is 2.00 bits per heavy atom. The van der Waals surface area contributed by atoms with Crippen molar-refractivity contribution in [2.24, 2.45) is 0 Å². The molecule has 0 radical (unpaired) electrons. The Bertz CT molecular complexity index is 912. The van der Waals surface area contributed by atoms with E-state index in [9.17, 15) is 19.5 Å². The van der Waals surface area contributed by atoms with Crippen LogP contribution >= 0.6 is 0 Å². The fraction of sp³-hybridized carbons (Fsp3) is 0.639. The molecular formula is C36H59NO7. The second kappa shape index (κ2) is 27.6. The first-order valence-corrected chi connectivity index (χ1v) is 16.3. The molecule has 44 heavy (non-hydrogen) atoms. The van der Waals surface area contributed by atoms with Gasteiger partial charge >= 0.3 is 11.9 Å². The highest BCUT2D eigenvalue weighted by Crippen LogP contribution is 2.10. The molecule has 0 bridgehead atoms. The number of carbonyl (C=O) groups excluding carboxylic acids is 3. The van der Waals surface area contributed by atoms with Crippen molar-refractivity contribution < 1.29 is 38.2 Å². The Labute approximate surface area is 267 Å². The fourth-order valence-corrected chi connectivity index (χ4v) is 4.11. The molecule has 0 saturated heterocycles. The van der Waals surface area contributed by atoms with E-state index in [1.807, 2.05) is 12.2 Å². The molecule has 0 saturated carbocycles. The van der Waals surface area contributed by atoms with Crippen LogP contribution in [0.25, 0.3) is 0 Å². The number of hydrogen-bond donors (Lipinski definition) is 0. The molecule has 2 unspecified atom stereocenters. The zero-order valence-corrected chi connectivity index (χ0v) is 28.0. The maximum Gasteiger partial charge on any atom is 0.309 e. The monoisotopic (exact) mass is 617 g/mol. The lowest BCUT2D eigenvalue weighted by atomic mass is 10.1. The summed E-state index contributed by atoms with van der Waals surface area (Å²) in [7, 11) is 5.34. The van der Waals surface area contributed by atoms with E-state index in [2.05, 4.69) is 56.4 Å². The molecule has 8 nitrogen and oxygen atoms in total. The lowest BCUT2D eigenvalue weighted by molar-refractivity contribution is -0.889. The average molecular weight is 618 g/mol.